The predicted octanol–water partition coefficient (Wildman–Crippen LogP) is -0.772. The highest BCUT2D eigenvalue weighted by atomic mass is 35.5. The minimum atomic E-state index is -5.88. The van der Waals surface area contributed by atoms with Gasteiger partial charge >= 0.3 is 29.2 Å². The van der Waals surface area contributed by atoms with Crippen LogP contribution in [0, 0.1) is 0 Å². The zero-order valence-electron chi connectivity index (χ0n) is 15.5. The number of aromatic nitrogens is 2. The maximum Gasteiger partial charge on any atom is 0.490 e. The molecule has 7 atom stereocenters. The van der Waals surface area contributed by atoms with Crippen LogP contribution in [0.25, 0.3) is 0 Å². The number of fused-ring (bicyclic) bond motifs is 1. The van der Waals surface area contributed by atoms with Crippen molar-refractivity contribution in [2.24, 2.45) is 0 Å². The zero-order valence-corrected chi connectivity index (χ0v) is 18.9. The predicted molar refractivity (Wildman–Crippen MR) is 98.1 cm³/mol. The Hall–Kier alpha value is -0.770. The van der Waals surface area contributed by atoms with Gasteiger partial charge in [-0.05, 0) is 6.92 Å². The molecule has 0 radical (unpaired) electrons. The van der Waals surface area contributed by atoms with E-state index in [0.717, 1.165) is 19.2 Å². The van der Waals surface area contributed by atoms with E-state index in [1.807, 2.05) is 4.98 Å². The van der Waals surface area contributed by atoms with Crippen LogP contribution in [-0.4, -0.2) is 63.1 Å². The van der Waals surface area contributed by atoms with Crippen molar-refractivity contribution in [3.63, 3.8) is 0 Å². The van der Waals surface area contributed by atoms with Crippen molar-refractivity contribution in [2.45, 2.75) is 35.3 Å². The van der Waals surface area contributed by atoms with Gasteiger partial charge < -0.3 is 29.4 Å². The van der Waals surface area contributed by atoms with Crippen LogP contribution >= 0.6 is 35.1 Å². The second-order valence-electron chi connectivity index (χ2n) is 6.93. The van der Waals surface area contributed by atoms with Gasteiger partial charge in [0, 0.05) is 12.3 Å². The lowest BCUT2D eigenvalue weighted by molar-refractivity contribution is -0.0842. The molecule has 16 nitrogen and oxygen atoms in total. The monoisotopic (exact) mass is 546 g/mol. The standard InChI is InChI=1S/C11H15ClFN2O14P3/c1-9(12)7(15-3-2-5(16)14-8(15)17)26-10(4-13)6(11(9,10)18)27-31(22,23)29-32(24,25)28-30(19,20)21/h2-3,6-7,18H,4H2,1H3,(H,22,23)(H,24,25)(H,14,16,17)(H2,19,20,21)/t6?,7-,9+,10-,11+/m1/s1. The highest BCUT2D eigenvalue weighted by Gasteiger charge is 2.93. The van der Waals surface area contributed by atoms with E-state index in [1.54, 1.807) is 0 Å². The minimum Gasteiger partial charge on any atom is -0.382 e. The smallest absolute Gasteiger partial charge is 0.382 e. The van der Waals surface area contributed by atoms with Crippen molar-refractivity contribution in [1.29, 1.82) is 0 Å². The number of halogens is 2. The number of H-pyrrole nitrogens is 1. The van der Waals surface area contributed by atoms with E-state index in [0.29, 0.717) is 4.57 Å². The summed E-state index contributed by atoms with van der Waals surface area (Å²) in [4.78, 5) is 58.9. The lowest BCUT2D eigenvalue weighted by Gasteiger charge is -2.32. The lowest BCUT2D eigenvalue weighted by atomic mass is 9.98. The van der Waals surface area contributed by atoms with Gasteiger partial charge in [-0.2, -0.15) is 8.62 Å². The van der Waals surface area contributed by atoms with Crippen LogP contribution in [0.5, 0.6) is 0 Å². The number of nitrogens with zero attached hydrogens (tertiary/aromatic N) is 1. The maximum absolute atomic E-state index is 13.9. The summed E-state index contributed by atoms with van der Waals surface area (Å²) in [6.45, 7) is -0.560. The molecule has 3 rings (SSSR count). The molecule has 1 aromatic rings. The second kappa shape index (κ2) is 7.62. The van der Waals surface area contributed by atoms with Crippen molar-refractivity contribution >= 4 is 35.1 Å². The molecular formula is C11H15ClFN2O14P3. The molecule has 182 valence electrons. The molecule has 2 fully saturated rings. The molecule has 1 aliphatic carbocycles. The SMILES string of the molecule is C[C@]1(Cl)[C@H](n2ccc(=O)[nH]c2=O)O[C@]2(CF)C(OP(=O)(O)OP(=O)(O)OP(=O)(O)O)[C@]12O. The molecule has 21 heteroatoms. The molecule has 1 saturated heterocycles. The van der Waals surface area contributed by atoms with Crippen molar-refractivity contribution in [1.82, 2.24) is 9.55 Å². The number of aromatic amines is 1. The molecule has 6 N–H and O–H groups in total. The van der Waals surface area contributed by atoms with Crippen molar-refractivity contribution < 1.29 is 60.6 Å². The average Bonchev–Trinajstić information content (AvgIpc) is 3.00. The fraction of sp³-hybridized carbons (Fsp3) is 0.636. The Bertz CT molecular complexity index is 1200. The van der Waals surface area contributed by atoms with Crippen LogP contribution in [0.3, 0.4) is 0 Å². The summed E-state index contributed by atoms with van der Waals surface area (Å²) in [6, 6.07) is 0.900. The number of aliphatic hydroxyl groups is 1. The molecular weight excluding hydrogens is 531 g/mol. The summed E-state index contributed by atoms with van der Waals surface area (Å²) in [6.07, 6.45) is -2.82. The number of alkyl halides is 2. The summed E-state index contributed by atoms with van der Waals surface area (Å²) in [5.41, 5.74) is -6.94. The van der Waals surface area contributed by atoms with Gasteiger partial charge in [-0.3, -0.25) is 18.9 Å². The minimum absolute atomic E-state index is 0.706. The average molecular weight is 547 g/mol. The second-order valence-corrected chi connectivity index (χ2v) is 12.1. The zero-order chi connectivity index (χ0) is 24.5. The van der Waals surface area contributed by atoms with Gasteiger partial charge in [-0.15, -0.1) is 11.6 Å². The number of hydrogen-bond donors (Lipinski definition) is 6. The fourth-order valence-electron chi connectivity index (χ4n) is 3.50. The largest absolute Gasteiger partial charge is 0.490 e. The van der Waals surface area contributed by atoms with Gasteiger partial charge in [-0.1, -0.05) is 0 Å². The third-order valence-corrected chi connectivity index (χ3v) is 9.13. The van der Waals surface area contributed by atoms with Gasteiger partial charge in [0.2, 0.25) is 0 Å². The first-order valence-corrected chi connectivity index (χ1v) is 13.0. The first-order chi connectivity index (χ1) is 14.3. The number of nitrogens with one attached hydrogen (secondary N) is 1. The molecule has 0 amide bonds. The van der Waals surface area contributed by atoms with Gasteiger partial charge in [0.05, 0.1) is 0 Å². The Morgan fingerprint density at radius 2 is 1.81 bits per heavy atom. The molecule has 1 aromatic heterocycles. The van der Waals surface area contributed by atoms with Gasteiger partial charge in [-0.25, -0.2) is 22.9 Å². The lowest BCUT2D eigenvalue weighted by Crippen LogP contribution is -2.47. The quantitative estimate of drug-likeness (QED) is 0.173. The van der Waals surface area contributed by atoms with Gasteiger partial charge in [0.1, 0.15) is 17.7 Å². The Labute approximate surface area is 180 Å². The van der Waals surface area contributed by atoms with Crippen molar-refractivity contribution in [3.8, 4) is 0 Å². The molecule has 2 aliphatic rings. The molecule has 3 unspecified atom stereocenters. The van der Waals surface area contributed by atoms with Gasteiger partial charge in [0.25, 0.3) is 5.56 Å². The van der Waals surface area contributed by atoms with E-state index in [9.17, 15) is 42.6 Å². The Kier molecular flexibility index (Phi) is 6.15. The molecule has 0 bridgehead atoms. The number of ether oxygens (including phenoxy) is 1. The molecule has 2 heterocycles. The van der Waals surface area contributed by atoms with Crippen LogP contribution in [0.2, 0.25) is 0 Å². The Morgan fingerprint density at radius 1 is 1.22 bits per heavy atom. The Morgan fingerprint density at radius 3 is 2.28 bits per heavy atom. The first-order valence-electron chi connectivity index (χ1n) is 8.11. The van der Waals surface area contributed by atoms with E-state index < -0.39 is 69.8 Å². The van der Waals surface area contributed by atoms with Crippen molar-refractivity contribution in [2.75, 3.05) is 6.67 Å². The molecule has 1 aliphatic heterocycles. The van der Waals surface area contributed by atoms with Gasteiger partial charge in [0.15, 0.2) is 17.4 Å². The maximum atomic E-state index is 13.9. The normalized spacial score (nSPS) is 38.0. The van der Waals surface area contributed by atoms with E-state index >= 15 is 0 Å². The summed E-state index contributed by atoms with van der Waals surface area (Å²) in [5, 5.41) is 10.9. The number of hydrogen-bond acceptors (Lipinski definition) is 10. The van der Waals surface area contributed by atoms with Crippen LogP contribution in [0.15, 0.2) is 21.9 Å². The van der Waals surface area contributed by atoms with E-state index in [-0.39, 0.29) is 0 Å². The number of phosphoric acid groups is 3. The third-order valence-electron chi connectivity index (χ3n) is 4.85. The third kappa shape index (κ3) is 4.12. The first kappa shape index (κ1) is 25.8. The summed E-state index contributed by atoms with van der Waals surface area (Å²) in [5.74, 6) is 0. The number of rotatable bonds is 8. The highest BCUT2D eigenvalue weighted by Crippen LogP contribution is 2.75. The molecule has 32 heavy (non-hydrogen) atoms. The Balaban J connectivity index is 1.89. The van der Waals surface area contributed by atoms with Crippen LogP contribution in [0.1, 0.15) is 13.2 Å². The van der Waals surface area contributed by atoms with Crippen LogP contribution < -0.4 is 11.2 Å². The van der Waals surface area contributed by atoms with E-state index in [1.165, 1.54) is 0 Å². The van der Waals surface area contributed by atoms with E-state index in [2.05, 4.69) is 13.1 Å². The summed E-state index contributed by atoms with van der Waals surface area (Å²) < 4.78 is 65.8. The molecule has 0 aromatic carbocycles. The fourth-order valence-corrected chi connectivity index (χ4v) is 7.16. The molecule has 1 saturated carbocycles. The highest BCUT2D eigenvalue weighted by molar-refractivity contribution is 7.66. The van der Waals surface area contributed by atoms with E-state index in [4.69, 9.17) is 26.1 Å². The van der Waals surface area contributed by atoms with Crippen LogP contribution in [-0.2, 0) is 31.6 Å². The summed E-state index contributed by atoms with van der Waals surface area (Å²) in [7, 11) is -17.3. The van der Waals surface area contributed by atoms with Crippen LogP contribution in [0.4, 0.5) is 4.39 Å². The number of phosphoric ester groups is 1. The molecule has 0 spiro atoms. The summed E-state index contributed by atoms with van der Waals surface area (Å²) >= 11 is 6.31. The topological polar surface area (TPSA) is 244 Å². The van der Waals surface area contributed by atoms with Crippen molar-refractivity contribution in [3.05, 3.63) is 33.1 Å².